The first kappa shape index (κ1) is 19.5. The second-order valence-electron chi connectivity index (χ2n) is 6.82. The zero-order valence-corrected chi connectivity index (χ0v) is 15.2. The Hall–Kier alpha value is -2.30. The lowest BCUT2D eigenvalue weighted by Gasteiger charge is -2.19. The number of hydrogen-bond donors (Lipinski definition) is 0. The summed E-state index contributed by atoms with van der Waals surface area (Å²) in [6, 6.07) is 10.9. The van der Waals surface area contributed by atoms with Crippen molar-refractivity contribution in [2.75, 3.05) is 0 Å². The van der Waals surface area contributed by atoms with Crippen LogP contribution in [0.1, 0.15) is 54.9 Å². The first-order valence-corrected chi connectivity index (χ1v) is 9.24. The van der Waals surface area contributed by atoms with Crippen LogP contribution in [0.25, 0.3) is 11.6 Å². The number of aryl methyl sites for hydroxylation is 1. The van der Waals surface area contributed by atoms with Crippen molar-refractivity contribution in [2.45, 2.75) is 51.8 Å². The van der Waals surface area contributed by atoms with Gasteiger partial charge in [-0.25, -0.2) is 4.39 Å². The van der Waals surface area contributed by atoms with Crippen LogP contribution < -0.4 is 4.74 Å². The van der Waals surface area contributed by atoms with Crippen LogP contribution in [-0.2, 0) is 12.8 Å². The largest absolute Gasteiger partial charge is 0.573 e. The fourth-order valence-electron chi connectivity index (χ4n) is 3.42. The summed E-state index contributed by atoms with van der Waals surface area (Å²) in [5, 5.41) is 0. The van der Waals surface area contributed by atoms with E-state index in [4.69, 9.17) is 0 Å². The molecule has 1 aliphatic carbocycles. The summed E-state index contributed by atoms with van der Waals surface area (Å²) >= 11 is 0. The van der Waals surface area contributed by atoms with Gasteiger partial charge in [0.15, 0.2) is 11.6 Å². The molecule has 5 heteroatoms. The lowest BCUT2D eigenvalue weighted by atomic mass is 9.88. The Balaban J connectivity index is 1.79. The third-order valence-electron chi connectivity index (χ3n) is 4.84. The molecule has 27 heavy (non-hydrogen) atoms. The molecule has 0 aromatic heterocycles. The maximum absolute atomic E-state index is 14.4. The number of unbranched alkanes of at least 4 members (excludes halogenated alkanes) is 2. The highest BCUT2D eigenvalue weighted by Crippen LogP contribution is 2.36. The van der Waals surface area contributed by atoms with Crippen molar-refractivity contribution in [1.82, 2.24) is 0 Å². The van der Waals surface area contributed by atoms with Crippen LogP contribution in [0, 0.1) is 5.82 Å². The molecule has 0 fully saturated rings. The Morgan fingerprint density at radius 2 is 1.70 bits per heavy atom. The Bertz CT molecular complexity index is 819. The van der Waals surface area contributed by atoms with Gasteiger partial charge >= 0.3 is 6.36 Å². The first-order valence-electron chi connectivity index (χ1n) is 9.24. The van der Waals surface area contributed by atoms with E-state index in [0.717, 1.165) is 23.6 Å². The Morgan fingerprint density at radius 3 is 2.37 bits per heavy atom. The van der Waals surface area contributed by atoms with Crippen molar-refractivity contribution in [1.29, 1.82) is 0 Å². The molecule has 2 aromatic carbocycles. The lowest BCUT2D eigenvalue weighted by molar-refractivity contribution is -0.275. The van der Waals surface area contributed by atoms with Crippen LogP contribution in [0.2, 0.25) is 0 Å². The standard InChI is InChI=1S/C22H22F4O/c1-2-3-4-5-15-6-8-16(9-7-15)17-10-12-19-18(14-17)11-13-20(21(19)23)27-22(24,25)26/h6-9,11,13-14H,2-5,10,12H2,1H3. The number of allylic oxidation sites excluding steroid dienone is 1. The predicted molar refractivity (Wildman–Crippen MR) is 98.9 cm³/mol. The summed E-state index contributed by atoms with van der Waals surface area (Å²) in [4.78, 5) is 0. The van der Waals surface area contributed by atoms with Gasteiger partial charge in [-0.2, -0.15) is 0 Å². The van der Waals surface area contributed by atoms with E-state index in [1.807, 2.05) is 6.08 Å². The summed E-state index contributed by atoms with van der Waals surface area (Å²) in [5.41, 5.74) is 4.30. The SMILES string of the molecule is CCCCCc1ccc(C2=Cc3ccc(OC(F)(F)F)c(F)c3CC2)cc1. The molecule has 0 unspecified atom stereocenters. The van der Waals surface area contributed by atoms with Crippen LogP contribution in [0.3, 0.4) is 0 Å². The highest BCUT2D eigenvalue weighted by molar-refractivity contribution is 5.84. The van der Waals surface area contributed by atoms with Gasteiger partial charge in [0.05, 0.1) is 0 Å². The Morgan fingerprint density at radius 1 is 0.963 bits per heavy atom. The van der Waals surface area contributed by atoms with E-state index in [2.05, 4.69) is 35.9 Å². The zero-order chi connectivity index (χ0) is 19.4. The van der Waals surface area contributed by atoms with E-state index < -0.39 is 17.9 Å². The first-order chi connectivity index (χ1) is 12.9. The quantitative estimate of drug-likeness (QED) is 0.391. The van der Waals surface area contributed by atoms with Crippen LogP contribution in [-0.4, -0.2) is 6.36 Å². The Labute approximate surface area is 156 Å². The minimum absolute atomic E-state index is 0.275. The van der Waals surface area contributed by atoms with E-state index in [1.165, 1.54) is 30.9 Å². The molecular weight excluding hydrogens is 356 g/mol. The molecule has 0 bridgehead atoms. The van der Waals surface area contributed by atoms with Crippen LogP contribution in [0.5, 0.6) is 5.75 Å². The third kappa shape index (κ3) is 4.90. The van der Waals surface area contributed by atoms with Gasteiger partial charge in [-0.05, 0) is 59.6 Å². The van der Waals surface area contributed by atoms with Crippen molar-refractivity contribution in [2.24, 2.45) is 0 Å². The lowest BCUT2D eigenvalue weighted by Crippen LogP contribution is -2.18. The number of fused-ring (bicyclic) bond motifs is 1. The monoisotopic (exact) mass is 378 g/mol. The number of hydrogen-bond acceptors (Lipinski definition) is 1. The zero-order valence-electron chi connectivity index (χ0n) is 15.2. The molecule has 0 radical (unpaired) electrons. The van der Waals surface area contributed by atoms with Gasteiger partial charge in [-0.1, -0.05) is 56.2 Å². The minimum atomic E-state index is -4.90. The maximum Gasteiger partial charge on any atom is 0.573 e. The van der Waals surface area contributed by atoms with Gasteiger partial charge in [-0.15, -0.1) is 13.2 Å². The van der Waals surface area contributed by atoms with Crippen molar-refractivity contribution < 1.29 is 22.3 Å². The van der Waals surface area contributed by atoms with E-state index >= 15 is 0 Å². The van der Waals surface area contributed by atoms with E-state index in [1.54, 1.807) is 0 Å². The molecular formula is C22H22F4O. The van der Waals surface area contributed by atoms with E-state index in [-0.39, 0.29) is 5.56 Å². The molecule has 1 nitrogen and oxygen atoms in total. The molecule has 2 aromatic rings. The second kappa shape index (κ2) is 8.15. The van der Waals surface area contributed by atoms with Gasteiger partial charge in [0.1, 0.15) is 0 Å². The highest BCUT2D eigenvalue weighted by Gasteiger charge is 2.33. The highest BCUT2D eigenvalue weighted by atomic mass is 19.4. The van der Waals surface area contributed by atoms with Crippen molar-refractivity contribution in [3.8, 4) is 5.75 Å². The molecule has 0 amide bonds. The van der Waals surface area contributed by atoms with Gasteiger partial charge in [0.2, 0.25) is 0 Å². The van der Waals surface area contributed by atoms with Crippen LogP contribution in [0.15, 0.2) is 36.4 Å². The number of alkyl halides is 3. The molecule has 3 rings (SSSR count). The molecule has 0 saturated carbocycles. The average molecular weight is 378 g/mol. The topological polar surface area (TPSA) is 9.23 Å². The summed E-state index contributed by atoms with van der Waals surface area (Å²) < 4.78 is 55.2. The fourth-order valence-corrected chi connectivity index (χ4v) is 3.42. The minimum Gasteiger partial charge on any atom is -0.403 e. The summed E-state index contributed by atoms with van der Waals surface area (Å²) in [6.07, 6.45) is 2.52. The van der Waals surface area contributed by atoms with Crippen LogP contribution >= 0.6 is 0 Å². The fraction of sp³-hybridized carbons (Fsp3) is 0.364. The number of benzene rings is 2. The van der Waals surface area contributed by atoms with E-state index in [9.17, 15) is 17.6 Å². The van der Waals surface area contributed by atoms with Gasteiger partial charge in [0, 0.05) is 0 Å². The molecule has 0 heterocycles. The average Bonchev–Trinajstić information content (AvgIpc) is 2.64. The Kier molecular flexibility index (Phi) is 5.88. The molecule has 0 saturated heterocycles. The molecule has 0 aliphatic heterocycles. The van der Waals surface area contributed by atoms with Crippen molar-refractivity contribution >= 4 is 11.6 Å². The number of halogens is 4. The number of rotatable bonds is 6. The molecule has 0 atom stereocenters. The van der Waals surface area contributed by atoms with Gasteiger partial charge in [-0.3, -0.25) is 0 Å². The summed E-state index contributed by atoms with van der Waals surface area (Å²) in [6.45, 7) is 2.18. The summed E-state index contributed by atoms with van der Waals surface area (Å²) in [7, 11) is 0. The maximum atomic E-state index is 14.4. The molecule has 0 spiro atoms. The van der Waals surface area contributed by atoms with Crippen LogP contribution in [0.4, 0.5) is 17.6 Å². The van der Waals surface area contributed by atoms with E-state index in [0.29, 0.717) is 18.4 Å². The summed E-state index contributed by atoms with van der Waals surface area (Å²) in [5.74, 6) is -1.69. The molecule has 1 aliphatic rings. The van der Waals surface area contributed by atoms with Crippen molar-refractivity contribution in [3.05, 3.63) is 64.5 Å². The van der Waals surface area contributed by atoms with Gasteiger partial charge < -0.3 is 4.74 Å². The predicted octanol–water partition coefficient (Wildman–Crippen LogP) is 6.94. The molecule has 0 N–H and O–H groups in total. The normalized spacial score (nSPS) is 13.9. The van der Waals surface area contributed by atoms with Crippen molar-refractivity contribution in [3.63, 3.8) is 0 Å². The molecule has 144 valence electrons. The number of ether oxygens (including phenoxy) is 1. The third-order valence-corrected chi connectivity index (χ3v) is 4.84. The smallest absolute Gasteiger partial charge is 0.403 e. The second-order valence-corrected chi connectivity index (χ2v) is 6.82. The van der Waals surface area contributed by atoms with Gasteiger partial charge in [0.25, 0.3) is 0 Å².